The average molecular weight is 266 g/mol. The van der Waals surface area contributed by atoms with Crippen LogP contribution in [-0.2, 0) is 4.79 Å². The number of anilines is 1. The van der Waals surface area contributed by atoms with Gasteiger partial charge in [-0.05, 0) is 31.0 Å². The van der Waals surface area contributed by atoms with Crippen molar-refractivity contribution in [1.82, 2.24) is 5.32 Å². The van der Waals surface area contributed by atoms with Crippen molar-refractivity contribution < 1.29 is 4.79 Å². The van der Waals surface area contributed by atoms with Gasteiger partial charge < -0.3 is 10.6 Å². The summed E-state index contributed by atoms with van der Waals surface area (Å²) in [4.78, 5) is 12.2. The van der Waals surface area contributed by atoms with Gasteiger partial charge in [0.15, 0.2) is 0 Å². The van der Waals surface area contributed by atoms with Crippen LogP contribution in [0.1, 0.15) is 12.8 Å². The predicted octanol–water partition coefficient (Wildman–Crippen LogP) is 3.04. The van der Waals surface area contributed by atoms with Crippen molar-refractivity contribution in [3.05, 3.63) is 54.6 Å². The van der Waals surface area contributed by atoms with E-state index in [4.69, 9.17) is 0 Å². The van der Waals surface area contributed by atoms with Crippen molar-refractivity contribution in [3.63, 3.8) is 0 Å². The van der Waals surface area contributed by atoms with Crippen LogP contribution in [-0.4, -0.2) is 18.5 Å². The van der Waals surface area contributed by atoms with Gasteiger partial charge in [-0.25, -0.2) is 0 Å². The number of hydrogen-bond donors (Lipinski definition) is 2. The first-order valence-corrected chi connectivity index (χ1v) is 7.03. The lowest BCUT2D eigenvalue weighted by molar-refractivity contribution is -0.117. The van der Waals surface area contributed by atoms with Crippen molar-refractivity contribution in [3.8, 4) is 11.1 Å². The summed E-state index contributed by atoms with van der Waals surface area (Å²) in [6, 6.07) is 18.0. The van der Waals surface area contributed by atoms with Crippen molar-refractivity contribution in [2.24, 2.45) is 0 Å². The van der Waals surface area contributed by atoms with Crippen LogP contribution in [0.25, 0.3) is 11.1 Å². The normalized spacial score (nSPS) is 17.9. The van der Waals surface area contributed by atoms with Crippen LogP contribution in [0.15, 0.2) is 54.6 Å². The molecule has 0 radical (unpaired) electrons. The quantitative estimate of drug-likeness (QED) is 0.896. The van der Waals surface area contributed by atoms with Crippen molar-refractivity contribution in [1.29, 1.82) is 0 Å². The van der Waals surface area contributed by atoms with E-state index < -0.39 is 0 Å². The summed E-state index contributed by atoms with van der Waals surface area (Å²) in [6.07, 6.45) is 1.98. The number of carbonyl (C=O) groups excluding carboxylic acids is 1. The first kappa shape index (κ1) is 12.9. The molecule has 0 aliphatic carbocycles. The average Bonchev–Trinajstić information content (AvgIpc) is 3.03. The van der Waals surface area contributed by atoms with E-state index in [1.54, 1.807) is 0 Å². The zero-order valence-corrected chi connectivity index (χ0v) is 11.3. The molecule has 2 N–H and O–H groups in total. The number of hydrogen-bond acceptors (Lipinski definition) is 2. The number of benzene rings is 2. The van der Waals surface area contributed by atoms with Gasteiger partial charge in [-0.3, -0.25) is 4.79 Å². The molecule has 3 heteroatoms. The summed E-state index contributed by atoms with van der Waals surface area (Å²) in [5.41, 5.74) is 3.04. The number of rotatable bonds is 3. The third-order valence-electron chi connectivity index (χ3n) is 3.65. The summed E-state index contributed by atoms with van der Waals surface area (Å²) in [5.74, 6) is 0.0610. The molecule has 102 valence electrons. The number of carbonyl (C=O) groups is 1. The van der Waals surface area contributed by atoms with Crippen LogP contribution < -0.4 is 10.6 Å². The van der Waals surface area contributed by atoms with E-state index in [1.165, 1.54) is 0 Å². The van der Waals surface area contributed by atoms with Gasteiger partial charge >= 0.3 is 0 Å². The standard InChI is InChI=1S/C17H18N2O/c20-17(16-11-6-12-18-16)19-15-10-5-4-9-14(15)13-7-2-1-3-8-13/h1-5,7-10,16,18H,6,11-12H2,(H,19,20)/t16-/m0/s1. The third kappa shape index (κ3) is 2.73. The second-order valence-electron chi connectivity index (χ2n) is 5.05. The molecule has 1 atom stereocenters. The smallest absolute Gasteiger partial charge is 0.241 e. The SMILES string of the molecule is O=C(Nc1ccccc1-c1ccccc1)[C@@H]1CCCN1. The molecule has 0 aromatic heterocycles. The molecule has 0 bridgehead atoms. The molecule has 0 unspecified atom stereocenters. The Morgan fingerprint density at radius 2 is 1.80 bits per heavy atom. The van der Waals surface area contributed by atoms with E-state index in [-0.39, 0.29) is 11.9 Å². The Morgan fingerprint density at radius 3 is 2.55 bits per heavy atom. The van der Waals surface area contributed by atoms with E-state index in [2.05, 4.69) is 22.8 Å². The molecule has 3 rings (SSSR count). The molecule has 20 heavy (non-hydrogen) atoms. The lowest BCUT2D eigenvalue weighted by Gasteiger charge is -2.14. The number of para-hydroxylation sites is 1. The molecular weight excluding hydrogens is 248 g/mol. The van der Waals surface area contributed by atoms with Crippen LogP contribution in [0.5, 0.6) is 0 Å². The second kappa shape index (κ2) is 5.88. The molecule has 1 fully saturated rings. The lowest BCUT2D eigenvalue weighted by atomic mass is 10.0. The summed E-state index contributed by atoms with van der Waals surface area (Å²) in [7, 11) is 0. The Balaban J connectivity index is 1.85. The molecule has 2 aromatic carbocycles. The molecular formula is C17H18N2O. The number of nitrogens with one attached hydrogen (secondary N) is 2. The Hall–Kier alpha value is -2.13. The van der Waals surface area contributed by atoms with Crippen molar-refractivity contribution in [2.75, 3.05) is 11.9 Å². The zero-order chi connectivity index (χ0) is 13.8. The number of amides is 1. The lowest BCUT2D eigenvalue weighted by Crippen LogP contribution is -2.35. The van der Waals surface area contributed by atoms with Gasteiger partial charge in [0.1, 0.15) is 0 Å². The molecule has 0 spiro atoms. The maximum atomic E-state index is 12.2. The topological polar surface area (TPSA) is 41.1 Å². The fraction of sp³-hybridized carbons (Fsp3) is 0.235. The minimum absolute atomic E-state index is 0.0566. The predicted molar refractivity (Wildman–Crippen MR) is 81.5 cm³/mol. The highest BCUT2D eigenvalue weighted by Crippen LogP contribution is 2.27. The van der Waals surface area contributed by atoms with Gasteiger partial charge in [-0.15, -0.1) is 0 Å². The molecule has 3 nitrogen and oxygen atoms in total. The first-order valence-electron chi connectivity index (χ1n) is 7.03. The van der Waals surface area contributed by atoms with Crippen LogP contribution >= 0.6 is 0 Å². The van der Waals surface area contributed by atoms with Gasteiger partial charge in [-0.1, -0.05) is 48.5 Å². The Bertz CT molecular complexity index is 589. The Labute approximate surface area is 119 Å². The Morgan fingerprint density at radius 1 is 1.05 bits per heavy atom. The second-order valence-corrected chi connectivity index (χ2v) is 5.05. The van der Waals surface area contributed by atoms with Gasteiger partial charge in [-0.2, -0.15) is 0 Å². The van der Waals surface area contributed by atoms with E-state index >= 15 is 0 Å². The van der Waals surface area contributed by atoms with Crippen LogP contribution in [0, 0.1) is 0 Å². The van der Waals surface area contributed by atoms with Gasteiger partial charge in [0.05, 0.1) is 6.04 Å². The molecule has 1 heterocycles. The highest BCUT2D eigenvalue weighted by molar-refractivity contribution is 5.98. The molecule has 1 aliphatic heterocycles. The monoisotopic (exact) mass is 266 g/mol. The van der Waals surface area contributed by atoms with E-state index in [1.807, 2.05) is 42.5 Å². The maximum absolute atomic E-state index is 12.2. The summed E-state index contributed by atoms with van der Waals surface area (Å²) < 4.78 is 0. The molecule has 1 amide bonds. The summed E-state index contributed by atoms with van der Waals surface area (Å²) in [5, 5.41) is 6.27. The Kier molecular flexibility index (Phi) is 3.79. The maximum Gasteiger partial charge on any atom is 0.241 e. The molecule has 1 saturated heterocycles. The molecule has 0 saturated carbocycles. The van der Waals surface area contributed by atoms with Gasteiger partial charge in [0.25, 0.3) is 0 Å². The summed E-state index contributed by atoms with van der Waals surface area (Å²) in [6.45, 7) is 0.929. The van der Waals surface area contributed by atoms with Crippen LogP contribution in [0.4, 0.5) is 5.69 Å². The largest absolute Gasteiger partial charge is 0.324 e. The fourth-order valence-corrected chi connectivity index (χ4v) is 2.59. The van der Waals surface area contributed by atoms with Crippen molar-refractivity contribution in [2.45, 2.75) is 18.9 Å². The van der Waals surface area contributed by atoms with Crippen LogP contribution in [0.3, 0.4) is 0 Å². The highest BCUT2D eigenvalue weighted by atomic mass is 16.2. The highest BCUT2D eigenvalue weighted by Gasteiger charge is 2.22. The molecule has 1 aliphatic rings. The fourth-order valence-electron chi connectivity index (χ4n) is 2.59. The van der Waals surface area contributed by atoms with Gasteiger partial charge in [0, 0.05) is 11.3 Å². The third-order valence-corrected chi connectivity index (χ3v) is 3.65. The van der Waals surface area contributed by atoms with E-state index in [9.17, 15) is 4.79 Å². The van der Waals surface area contributed by atoms with Crippen LogP contribution in [0.2, 0.25) is 0 Å². The van der Waals surface area contributed by atoms with E-state index in [0.29, 0.717) is 0 Å². The minimum atomic E-state index is -0.0566. The van der Waals surface area contributed by atoms with Crippen molar-refractivity contribution >= 4 is 11.6 Å². The first-order chi connectivity index (χ1) is 9.84. The minimum Gasteiger partial charge on any atom is -0.324 e. The molecule has 2 aromatic rings. The summed E-state index contributed by atoms with van der Waals surface area (Å²) >= 11 is 0. The van der Waals surface area contributed by atoms with E-state index in [0.717, 1.165) is 36.2 Å². The zero-order valence-electron chi connectivity index (χ0n) is 11.3. The van der Waals surface area contributed by atoms with Gasteiger partial charge in [0.2, 0.25) is 5.91 Å².